The normalized spacial score (nSPS) is 20.7. The number of aromatic hydroxyl groups is 2. The predicted octanol–water partition coefficient (Wildman–Crippen LogP) is 1.98. The van der Waals surface area contributed by atoms with Gasteiger partial charge in [-0.15, -0.1) is 0 Å². The number of halogens is 1. The van der Waals surface area contributed by atoms with Gasteiger partial charge in [0, 0.05) is 24.3 Å². The zero-order chi connectivity index (χ0) is 29.6. The number of phenolic OH excluding ortho intramolecular Hbond substituents is 2. The Hall–Kier alpha value is -4.10. The van der Waals surface area contributed by atoms with Gasteiger partial charge in [-0.05, 0) is 43.9 Å². The van der Waals surface area contributed by atoms with Crippen LogP contribution in [0.15, 0.2) is 30.3 Å². The molecule has 5 rings (SSSR count). The monoisotopic (exact) mass is 583 g/mol. The molecule has 3 heterocycles. The highest BCUT2D eigenvalue weighted by Gasteiger charge is 2.45. The number of carbonyl (C=O) groups is 5. The number of para-hydroxylation sites is 1. The number of imide groups is 1. The number of nitrogens with one attached hydrogen (secondary N) is 1. The maximum absolute atomic E-state index is 13.7. The van der Waals surface area contributed by atoms with Crippen molar-refractivity contribution in [3.05, 3.63) is 52.0 Å². The Balaban J connectivity index is 1.41. The molecule has 2 saturated heterocycles. The van der Waals surface area contributed by atoms with E-state index < -0.39 is 59.1 Å². The molecule has 4 N–H and O–H groups in total. The van der Waals surface area contributed by atoms with Gasteiger partial charge in [0.25, 0.3) is 0 Å². The Kier molecular flexibility index (Phi) is 7.67. The number of benzene rings is 2. The van der Waals surface area contributed by atoms with Crippen LogP contribution in [-0.2, 0) is 20.8 Å². The van der Waals surface area contributed by atoms with Crippen molar-refractivity contribution < 1.29 is 43.9 Å². The van der Waals surface area contributed by atoms with Crippen LogP contribution in [-0.4, -0.2) is 80.7 Å². The van der Waals surface area contributed by atoms with Crippen LogP contribution in [0.1, 0.15) is 53.7 Å². The summed E-state index contributed by atoms with van der Waals surface area (Å²) in [4.78, 5) is 66.5. The molecule has 214 valence electrons. The second-order valence-electron chi connectivity index (χ2n) is 10.4. The summed E-state index contributed by atoms with van der Waals surface area (Å²) in [5, 5.41) is 32.9. The zero-order valence-electron chi connectivity index (χ0n) is 22.0. The average Bonchev–Trinajstić information content (AvgIpc) is 3.41. The van der Waals surface area contributed by atoms with Crippen molar-refractivity contribution in [2.75, 3.05) is 13.1 Å². The second kappa shape index (κ2) is 11.1. The molecule has 3 atom stereocenters. The van der Waals surface area contributed by atoms with Crippen LogP contribution < -0.4 is 9.97 Å². The van der Waals surface area contributed by atoms with Crippen LogP contribution in [0.2, 0.25) is 10.8 Å². The smallest absolute Gasteiger partial charge is 0.526 e. The Morgan fingerprint density at radius 1 is 1.17 bits per heavy atom. The minimum absolute atomic E-state index is 0.0453. The fourth-order valence-electron chi connectivity index (χ4n) is 5.64. The first-order valence-corrected chi connectivity index (χ1v) is 13.5. The van der Waals surface area contributed by atoms with Crippen molar-refractivity contribution in [1.82, 2.24) is 15.1 Å². The van der Waals surface area contributed by atoms with Crippen LogP contribution in [0.3, 0.4) is 0 Å². The quantitative estimate of drug-likeness (QED) is 0.172. The lowest BCUT2D eigenvalue weighted by Crippen LogP contribution is -2.61. The van der Waals surface area contributed by atoms with Gasteiger partial charge >= 0.3 is 25.0 Å². The number of amides is 4. The molecule has 41 heavy (non-hydrogen) atoms. The van der Waals surface area contributed by atoms with Crippen molar-refractivity contribution in [2.24, 2.45) is 0 Å². The number of ketones is 2. The average molecular weight is 584 g/mol. The highest BCUT2D eigenvalue weighted by atomic mass is 35.5. The lowest BCUT2D eigenvalue weighted by atomic mass is 9.64. The number of nitrogens with zero attached hydrogens (tertiary/aromatic N) is 2. The number of phenols is 2. The van der Waals surface area contributed by atoms with Crippen molar-refractivity contribution in [2.45, 2.75) is 50.5 Å². The molecule has 14 heteroatoms. The number of urea groups is 1. The van der Waals surface area contributed by atoms with Crippen LogP contribution in [0.5, 0.6) is 17.2 Å². The highest BCUT2D eigenvalue weighted by Crippen LogP contribution is 2.41. The summed E-state index contributed by atoms with van der Waals surface area (Å²) in [5.74, 6) is -4.55. The minimum atomic E-state index is -1.52. The SMILES string of the molecule is CC(=O)c1cccc2c1OB(O)[C@@H](CC(=O)C(NC(=O)N1C[C@H]3CCCN3C(=O)C1=O)c1ccc(O)c(O)c1Cl)C2. The molecular formula is C27H27BClN3O9. The van der Waals surface area contributed by atoms with Gasteiger partial charge in [-0.2, -0.15) is 0 Å². The Morgan fingerprint density at radius 2 is 1.93 bits per heavy atom. The van der Waals surface area contributed by atoms with Crippen LogP contribution in [0, 0.1) is 0 Å². The van der Waals surface area contributed by atoms with E-state index in [0.29, 0.717) is 30.5 Å². The van der Waals surface area contributed by atoms with Crippen molar-refractivity contribution in [1.29, 1.82) is 0 Å². The summed E-state index contributed by atoms with van der Waals surface area (Å²) >= 11 is 6.26. The van der Waals surface area contributed by atoms with E-state index in [4.69, 9.17) is 16.3 Å². The first-order chi connectivity index (χ1) is 19.5. The molecule has 3 aliphatic heterocycles. The second-order valence-corrected chi connectivity index (χ2v) is 10.8. The first kappa shape index (κ1) is 28.4. The largest absolute Gasteiger partial charge is 0.535 e. The van der Waals surface area contributed by atoms with Gasteiger partial charge in [-0.25, -0.2) is 4.79 Å². The van der Waals surface area contributed by atoms with E-state index in [9.17, 15) is 39.2 Å². The van der Waals surface area contributed by atoms with E-state index >= 15 is 0 Å². The number of carbonyl (C=O) groups excluding carboxylic acids is 5. The van der Waals surface area contributed by atoms with E-state index in [2.05, 4.69) is 5.32 Å². The van der Waals surface area contributed by atoms with Gasteiger partial charge in [0.05, 0.1) is 23.2 Å². The summed E-state index contributed by atoms with van der Waals surface area (Å²) in [6.45, 7) is 1.75. The van der Waals surface area contributed by atoms with E-state index in [0.717, 1.165) is 11.0 Å². The van der Waals surface area contributed by atoms with Gasteiger partial charge < -0.3 is 30.1 Å². The third-order valence-corrected chi connectivity index (χ3v) is 8.19. The summed E-state index contributed by atoms with van der Waals surface area (Å²) in [6.07, 6.45) is 1.16. The maximum Gasteiger partial charge on any atom is 0.526 e. The van der Waals surface area contributed by atoms with Gasteiger partial charge in [-0.3, -0.25) is 24.1 Å². The molecule has 0 saturated carbocycles. The van der Waals surface area contributed by atoms with Crippen LogP contribution >= 0.6 is 11.6 Å². The zero-order valence-corrected chi connectivity index (χ0v) is 22.8. The van der Waals surface area contributed by atoms with Gasteiger partial charge in [-0.1, -0.05) is 29.8 Å². The molecule has 0 radical (unpaired) electrons. The molecule has 0 aliphatic carbocycles. The molecule has 12 nitrogen and oxygen atoms in total. The molecule has 2 fully saturated rings. The van der Waals surface area contributed by atoms with E-state index in [-0.39, 0.29) is 42.5 Å². The lowest BCUT2D eigenvalue weighted by Gasteiger charge is -2.36. The molecule has 3 aliphatic rings. The highest BCUT2D eigenvalue weighted by molar-refractivity contribution is 6.47. The van der Waals surface area contributed by atoms with Crippen molar-refractivity contribution in [3.8, 4) is 17.2 Å². The summed E-state index contributed by atoms with van der Waals surface area (Å²) < 4.78 is 5.63. The molecule has 2 aromatic carbocycles. The Bertz CT molecular complexity index is 1470. The number of Topliss-reactive ketones (excluding diaryl/α,β-unsaturated/α-hetero) is 2. The molecule has 0 bridgehead atoms. The first-order valence-electron chi connectivity index (χ1n) is 13.1. The van der Waals surface area contributed by atoms with Gasteiger partial charge in [0.1, 0.15) is 11.8 Å². The van der Waals surface area contributed by atoms with Gasteiger partial charge in [0.2, 0.25) is 0 Å². The fourth-order valence-corrected chi connectivity index (χ4v) is 5.91. The predicted molar refractivity (Wildman–Crippen MR) is 145 cm³/mol. The number of fused-ring (bicyclic) bond motifs is 2. The topological polar surface area (TPSA) is 174 Å². The maximum atomic E-state index is 13.7. The Morgan fingerprint density at radius 3 is 2.66 bits per heavy atom. The van der Waals surface area contributed by atoms with E-state index in [1.165, 1.54) is 17.9 Å². The minimum Gasteiger partial charge on any atom is -0.535 e. The molecule has 0 spiro atoms. The van der Waals surface area contributed by atoms with Crippen molar-refractivity contribution >= 4 is 48.1 Å². The lowest BCUT2D eigenvalue weighted by molar-refractivity contribution is -0.155. The third-order valence-electron chi connectivity index (χ3n) is 7.79. The number of rotatable bonds is 6. The number of hydrogen-bond donors (Lipinski definition) is 4. The molecular weight excluding hydrogens is 557 g/mol. The van der Waals surface area contributed by atoms with Gasteiger partial charge in [0.15, 0.2) is 23.1 Å². The Labute approximate surface area is 240 Å². The standard InChI is InChI=1S/C27H27BClN3O9/c1-13(33)17-6-2-4-14-10-15(28(40)41-24(14)17)11-20(35)22(18-7-8-19(34)23(36)21(18)29)30-27(39)32-12-16-5-3-9-31(16)25(37)26(32)38/h2,4,6-8,15-16,22,34,36,40H,3,5,9-12H2,1H3,(H,30,39)/t15-,16-,22?/m1/s1. The third kappa shape index (κ3) is 5.22. The van der Waals surface area contributed by atoms with E-state index in [1.54, 1.807) is 18.2 Å². The number of hydrogen-bond acceptors (Lipinski definition) is 9. The van der Waals surface area contributed by atoms with Crippen LogP contribution in [0.25, 0.3) is 0 Å². The molecule has 4 amide bonds. The fraction of sp³-hybridized carbons (Fsp3) is 0.370. The molecule has 0 aromatic heterocycles. The summed E-state index contributed by atoms with van der Waals surface area (Å²) in [6, 6.07) is 4.43. The van der Waals surface area contributed by atoms with E-state index in [1.807, 2.05) is 0 Å². The van der Waals surface area contributed by atoms with Crippen LogP contribution in [0.4, 0.5) is 4.79 Å². The molecule has 2 aromatic rings. The molecule has 1 unspecified atom stereocenters. The van der Waals surface area contributed by atoms with Crippen molar-refractivity contribution in [3.63, 3.8) is 0 Å². The number of piperazine rings is 1. The summed E-state index contributed by atoms with van der Waals surface area (Å²) in [5.41, 5.74) is 0.841. The summed E-state index contributed by atoms with van der Waals surface area (Å²) in [7, 11) is -1.46.